The van der Waals surface area contributed by atoms with Gasteiger partial charge >= 0.3 is 0 Å². The highest BCUT2D eigenvalue weighted by atomic mass is 79.9. The van der Waals surface area contributed by atoms with Crippen LogP contribution in [0.15, 0.2) is 39.9 Å². The SMILES string of the molecule is CCCOc1c(Br)cc(/C=N/NC(=O)Cc2ccc(C)cc2C)cc1OCC. The number of nitrogens with zero attached hydrogens (tertiary/aromatic N) is 1. The Kier molecular flexibility index (Phi) is 8.51. The van der Waals surface area contributed by atoms with E-state index in [0.717, 1.165) is 27.6 Å². The summed E-state index contributed by atoms with van der Waals surface area (Å²) in [5.41, 5.74) is 6.66. The van der Waals surface area contributed by atoms with Crippen LogP contribution in [-0.4, -0.2) is 25.3 Å². The van der Waals surface area contributed by atoms with Gasteiger partial charge in [-0.05, 0) is 71.9 Å². The number of amides is 1. The molecule has 0 spiro atoms. The van der Waals surface area contributed by atoms with E-state index < -0.39 is 0 Å². The third-order valence-corrected chi connectivity index (χ3v) is 4.62. The van der Waals surface area contributed by atoms with Gasteiger partial charge in [-0.1, -0.05) is 30.7 Å². The lowest BCUT2D eigenvalue weighted by Crippen LogP contribution is -2.20. The second-order valence-electron chi connectivity index (χ2n) is 6.51. The average Bonchev–Trinajstić information content (AvgIpc) is 2.64. The molecule has 2 rings (SSSR count). The third-order valence-electron chi connectivity index (χ3n) is 4.03. The van der Waals surface area contributed by atoms with Gasteiger partial charge in [-0.3, -0.25) is 4.79 Å². The lowest BCUT2D eigenvalue weighted by atomic mass is 10.0. The predicted octanol–water partition coefficient (Wildman–Crippen LogP) is 4.95. The summed E-state index contributed by atoms with van der Waals surface area (Å²) in [6.45, 7) is 9.16. The maximum atomic E-state index is 12.2. The van der Waals surface area contributed by atoms with E-state index in [1.54, 1.807) is 6.21 Å². The molecule has 0 heterocycles. The number of hydrazone groups is 1. The molecule has 0 unspecified atom stereocenters. The maximum Gasteiger partial charge on any atom is 0.244 e. The number of ether oxygens (including phenoxy) is 2. The van der Waals surface area contributed by atoms with Crippen molar-refractivity contribution in [2.75, 3.05) is 13.2 Å². The molecule has 0 aliphatic heterocycles. The van der Waals surface area contributed by atoms with Crippen LogP contribution < -0.4 is 14.9 Å². The van der Waals surface area contributed by atoms with E-state index in [0.29, 0.717) is 31.1 Å². The van der Waals surface area contributed by atoms with Crippen molar-refractivity contribution in [1.29, 1.82) is 0 Å². The first-order valence-electron chi connectivity index (χ1n) is 9.41. The Hall–Kier alpha value is -2.34. The molecule has 0 radical (unpaired) electrons. The van der Waals surface area contributed by atoms with Crippen LogP contribution in [0.3, 0.4) is 0 Å². The Morgan fingerprint density at radius 2 is 1.96 bits per heavy atom. The van der Waals surface area contributed by atoms with Crippen molar-refractivity contribution in [1.82, 2.24) is 5.43 Å². The standard InChI is InChI=1S/C22H27BrN2O3/c1-5-9-28-22-19(23)11-17(12-20(22)27-6-2)14-24-25-21(26)13-18-8-7-15(3)10-16(18)4/h7-8,10-12,14H,5-6,9,13H2,1-4H3,(H,25,26)/b24-14+. The normalized spacial score (nSPS) is 10.9. The molecule has 150 valence electrons. The number of carbonyl (C=O) groups excluding carboxylic acids is 1. The molecule has 0 saturated carbocycles. The van der Waals surface area contributed by atoms with Crippen molar-refractivity contribution in [3.63, 3.8) is 0 Å². The highest BCUT2D eigenvalue weighted by Gasteiger charge is 2.12. The van der Waals surface area contributed by atoms with E-state index in [4.69, 9.17) is 9.47 Å². The van der Waals surface area contributed by atoms with E-state index in [1.165, 1.54) is 5.56 Å². The molecule has 2 aromatic carbocycles. The molecule has 1 amide bonds. The van der Waals surface area contributed by atoms with Crippen LogP contribution in [0.1, 0.15) is 42.5 Å². The first kappa shape index (κ1) is 22.0. The zero-order valence-corrected chi connectivity index (χ0v) is 18.4. The highest BCUT2D eigenvalue weighted by Crippen LogP contribution is 2.36. The zero-order chi connectivity index (χ0) is 20.5. The van der Waals surface area contributed by atoms with Crippen LogP contribution in [0.2, 0.25) is 0 Å². The molecule has 0 aliphatic carbocycles. The first-order valence-corrected chi connectivity index (χ1v) is 10.2. The average molecular weight is 447 g/mol. The summed E-state index contributed by atoms with van der Waals surface area (Å²) in [6.07, 6.45) is 2.80. The van der Waals surface area contributed by atoms with Crippen molar-refractivity contribution >= 4 is 28.1 Å². The molecule has 0 aliphatic rings. The summed E-state index contributed by atoms with van der Waals surface area (Å²) in [4.78, 5) is 12.2. The zero-order valence-electron chi connectivity index (χ0n) is 16.8. The second-order valence-corrected chi connectivity index (χ2v) is 7.37. The number of hydrogen-bond donors (Lipinski definition) is 1. The van der Waals surface area contributed by atoms with E-state index in [9.17, 15) is 4.79 Å². The van der Waals surface area contributed by atoms with Crippen LogP contribution >= 0.6 is 15.9 Å². The lowest BCUT2D eigenvalue weighted by molar-refractivity contribution is -0.120. The molecule has 0 fully saturated rings. The fourth-order valence-electron chi connectivity index (χ4n) is 2.71. The topological polar surface area (TPSA) is 59.9 Å². The van der Waals surface area contributed by atoms with Gasteiger partial charge in [-0.2, -0.15) is 5.10 Å². The monoisotopic (exact) mass is 446 g/mol. The van der Waals surface area contributed by atoms with Gasteiger partial charge in [0.25, 0.3) is 0 Å². The minimum atomic E-state index is -0.157. The molecule has 2 aromatic rings. The van der Waals surface area contributed by atoms with Gasteiger partial charge in [-0.15, -0.1) is 0 Å². The van der Waals surface area contributed by atoms with Gasteiger partial charge in [0.15, 0.2) is 11.5 Å². The van der Waals surface area contributed by atoms with Crippen LogP contribution in [0, 0.1) is 13.8 Å². The second kappa shape index (κ2) is 10.9. The maximum absolute atomic E-state index is 12.2. The van der Waals surface area contributed by atoms with Crippen LogP contribution in [0.5, 0.6) is 11.5 Å². The smallest absolute Gasteiger partial charge is 0.244 e. The van der Waals surface area contributed by atoms with Gasteiger partial charge < -0.3 is 9.47 Å². The van der Waals surface area contributed by atoms with Gasteiger partial charge in [0.2, 0.25) is 5.91 Å². The Morgan fingerprint density at radius 3 is 2.64 bits per heavy atom. The highest BCUT2D eigenvalue weighted by molar-refractivity contribution is 9.10. The number of aryl methyl sites for hydroxylation is 2. The van der Waals surface area contributed by atoms with Crippen LogP contribution in [0.4, 0.5) is 0 Å². The van der Waals surface area contributed by atoms with Crippen molar-refractivity contribution in [2.24, 2.45) is 5.10 Å². The summed E-state index contributed by atoms with van der Waals surface area (Å²) in [6, 6.07) is 9.79. The van der Waals surface area contributed by atoms with Gasteiger partial charge in [0.1, 0.15) is 0 Å². The quantitative estimate of drug-likeness (QED) is 0.437. The molecule has 0 aromatic heterocycles. The summed E-state index contributed by atoms with van der Waals surface area (Å²) < 4.78 is 12.2. The number of halogens is 1. The van der Waals surface area contributed by atoms with Crippen molar-refractivity contribution < 1.29 is 14.3 Å². The van der Waals surface area contributed by atoms with E-state index in [1.807, 2.05) is 45.0 Å². The number of nitrogens with one attached hydrogen (secondary N) is 1. The summed E-state index contributed by atoms with van der Waals surface area (Å²) >= 11 is 3.52. The van der Waals surface area contributed by atoms with Gasteiger partial charge in [-0.25, -0.2) is 5.43 Å². The predicted molar refractivity (Wildman–Crippen MR) is 116 cm³/mol. The molecular weight excluding hydrogens is 420 g/mol. The minimum absolute atomic E-state index is 0.157. The number of rotatable bonds is 9. The summed E-state index contributed by atoms with van der Waals surface area (Å²) in [7, 11) is 0. The Bertz CT molecular complexity index is 850. The van der Waals surface area contributed by atoms with Gasteiger partial charge in [0, 0.05) is 0 Å². The molecule has 6 heteroatoms. The van der Waals surface area contributed by atoms with Crippen LogP contribution in [0.25, 0.3) is 0 Å². The molecule has 28 heavy (non-hydrogen) atoms. The first-order chi connectivity index (χ1) is 13.4. The Balaban J connectivity index is 2.05. The fourth-order valence-corrected chi connectivity index (χ4v) is 3.28. The van der Waals surface area contributed by atoms with Crippen molar-refractivity contribution in [3.8, 4) is 11.5 Å². The van der Waals surface area contributed by atoms with E-state index in [2.05, 4.69) is 39.4 Å². The Morgan fingerprint density at radius 1 is 1.18 bits per heavy atom. The fraction of sp³-hybridized carbons (Fsp3) is 0.364. The minimum Gasteiger partial charge on any atom is -0.490 e. The van der Waals surface area contributed by atoms with Gasteiger partial charge in [0.05, 0.1) is 30.3 Å². The largest absolute Gasteiger partial charge is 0.490 e. The van der Waals surface area contributed by atoms with Crippen molar-refractivity contribution in [2.45, 2.75) is 40.5 Å². The van der Waals surface area contributed by atoms with Crippen LogP contribution in [-0.2, 0) is 11.2 Å². The number of benzene rings is 2. The van der Waals surface area contributed by atoms with Crippen molar-refractivity contribution in [3.05, 3.63) is 57.1 Å². The molecule has 0 atom stereocenters. The summed E-state index contributed by atoms with van der Waals surface area (Å²) in [5, 5.41) is 4.08. The van der Waals surface area contributed by atoms with E-state index >= 15 is 0 Å². The molecule has 5 nitrogen and oxygen atoms in total. The Labute approximate surface area is 175 Å². The molecular formula is C22H27BrN2O3. The molecule has 0 bridgehead atoms. The molecule has 0 saturated heterocycles. The number of hydrogen-bond acceptors (Lipinski definition) is 4. The third kappa shape index (κ3) is 6.37. The van der Waals surface area contributed by atoms with E-state index in [-0.39, 0.29) is 5.91 Å². The molecule has 1 N–H and O–H groups in total. The summed E-state index contributed by atoms with van der Waals surface area (Å²) in [5.74, 6) is 1.17. The number of carbonyl (C=O) groups is 1. The lowest BCUT2D eigenvalue weighted by Gasteiger charge is -2.14.